The molecule has 0 saturated carbocycles. The minimum Gasteiger partial charge on any atom is -0.489 e. The van der Waals surface area contributed by atoms with Gasteiger partial charge < -0.3 is 9.47 Å². The second-order valence-electron chi connectivity index (χ2n) is 3.98. The number of carbonyl (C=O) groups excluding carboxylic acids is 2. The van der Waals surface area contributed by atoms with Crippen LogP contribution in [0.3, 0.4) is 0 Å². The van der Waals surface area contributed by atoms with E-state index in [2.05, 4.69) is 4.74 Å². The number of hydrogen-bond acceptors (Lipinski definition) is 4. The third-order valence-electron chi connectivity index (χ3n) is 2.09. The fourth-order valence-corrected chi connectivity index (χ4v) is 1.55. The van der Waals surface area contributed by atoms with Crippen LogP contribution in [0.2, 0.25) is 5.02 Å². The quantitative estimate of drug-likeness (QED) is 0.475. The topological polar surface area (TPSA) is 52.6 Å². The molecule has 0 saturated heterocycles. The SMILES string of the molecule is CCOC(=O)C(=O)c1cc(OC(C)C)c(Cl)cc1F. The molecule has 0 unspecified atom stereocenters. The second-order valence-corrected chi connectivity index (χ2v) is 4.39. The van der Waals surface area contributed by atoms with Crippen LogP contribution < -0.4 is 4.74 Å². The Morgan fingerprint density at radius 2 is 2.00 bits per heavy atom. The normalized spacial score (nSPS) is 10.4. The first-order valence-electron chi connectivity index (χ1n) is 5.74. The molecule has 1 aromatic rings. The molecule has 0 radical (unpaired) electrons. The minimum atomic E-state index is -1.11. The number of halogens is 2. The molecule has 104 valence electrons. The van der Waals surface area contributed by atoms with Gasteiger partial charge in [0.1, 0.15) is 11.6 Å². The number of esters is 1. The second kappa shape index (κ2) is 6.52. The van der Waals surface area contributed by atoms with Crippen LogP contribution in [0, 0.1) is 5.82 Å². The van der Waals surface area contributed by atoms with Gasteiger partial charge in [0.05, 0.1) is 23.3 Å². The average molecular weight is 289 g/mol. The number of benzene rings is 1. The Labute approximate surface area is 115 Å². The van der Waals surface area contributed by atoms with Gasteiger partial charge in [-0.15, -0.1) is 0 Å². The van der Waals surface area contributed by atoms with Crippen LogP contribution in [0.1, 0.15) is 31.1 Å². The maximum Gasteiger partial charge on any atom is 0.379 e. The van der Waals surface area contributed by atoms with Crippen LogP contribution in [0.15, 0.2) is 12.1 Å². The maximum atomic E-state index is 13.7. The van der Waals surface area contributed by atoms with Crippen molar-refractivity contribution < 1.29 is 23.5 Å². The van der Waals surface area contributed by atoms with E-state index in [1.165, 1.54) is 0 Å². The molecule has 0 aliphatic heterocycles. The van der Waals surface area contributed by atoms with Gasteiger partial charge in [0.2, 0.25) is 0 Å². The summed E-state index contributed by atoms with van der Waals surface area (Å²) in [7, 11) is 0. The Morgan fingerprint density at radius 3 is 2.53 bits per heavy atom. The van der Waals surface area contributed by atoms with Crippen molar-refractivity contribution >= 4 is 23.4 Å². The molecule has 6 heteroatoms. The molecule has 0 amide bonds. The van der Waals surface area contributed by atoms with Crippen molar-refractivity contribution in [2.24, 2.45) is 0 Å². The lowest BCUT2D eigenvalue weighted by Gasteiger charge is -2.12. The van der Waals surface area contributed by atoms with E-state index in [0.29, 0.717) is 0 Å². The number of ketones is 1. The highest BCUT2D eigenvalue weighted by Gasteiger charge is 2.23. The number of rotatable bonds is 5. The number of ether oxygens (including phenoxy) is 2. The molecule has 4 nitrogen and oxygen atoms in total. The van der Waals surface area contributed by atoms with Gasteiger partial charge in [-0.1, -0.05) is 11.6 Å². The molecule has 0 aliphatic rings. The molecule has 0 heterocycles. The monoisotopic (exact) mass is 288 g/mol. The molecular weight excluding hydrogens is 275 g/mol. The van der Waals surface area contributed by atoms with Gasteiger partial charge in [-0.05, 0) is 32.9 Å². The van der Waals surface area contributed by atoms with E-state index in [9.17, 15) is 14.0 Å². The van der Waals surface area contributed by atoms with Gasteiger partial charge in [-0.25, -0.2) is 9.18 Å². The summed E-state index contributed by atoms with van der Waals surface area (Å²) in [5.74, 6) is -2.92. The summed E-state index contributed by atoms with van der Waals surface area (Å²) in [6.45, 7) is 5.10. The largest absolute Gasteiger partial charge is 0.489 e. The number of hydrogen-bond donors (Lipinski definition) is 0. The first-order valence-corrected chi connectivity index (χ1v) is 6.11. The highest BCUT2D eigenvalue weighted by Crippen LogP contribution is 2.29. The Bertz CT molecular complexity index is 500. The van der Waals surface area contributed by atoms with Crippen molar-refractivity contribution in [2.45, 2.75) is 26.9 Å². The lowest BCUT2D eigenvalue weighted by atomic mass is 10.1. The summed E-state index contributed by atoms with van der Waals surface area (Å²) in [6.07, 6.45) is -0.200. The van der Waals surface area contributed by atoms with E-state index in [0.717, 1.165) is 12.1 Å². The van der Waals surface area contributed by atoms with Crippen LogP contribution in [0.25, 0.3) is 0 Å². The van der Waals surface area contributed by atoms with Gasteiger partial charge in [0, 0.05) is 0 Å². The fourth-order valence-electron chi connectivity index (χ4n) is 1.35. The van der Waals surface area contributed by atoms with Gasteiger partial charge >= 0.3 is 5.97 Å². The van der Waals surface area contributed by atoms with E-state index < -0.39 is 23.1 Å². The molecule has 0 bridgehead atoms. The zero-order chi connectivity index (χ0) is 14.6. The van der Waals surface area contributed by atoms with Crippen LogP contribution in [0.4, 0.5) is 4.39 Å². The molecule has 0 fully saturated rings. The fraction of sp³-hybridized carbons (Fsp3) is 0.385. The molecule has 0 aliphatic carbocycles. The zero-order valence-corrected chi connectivity index (χ0v) is 11.6. The Balaban J connectivity index is 3.13. The molecule has 1 rings (SSSR count). The van der Waals surface area contributed by atoms with Gasteiger partial charge in [0.25, 0.3) is 5.78 Å². The Morgan fingerprint density at radius 1 is 1.37 bits per heavy atom. The predicted molar refractivity (Wildman–Crippen MR) is 68.1 cm³/mol. The van der Waals surface area contributed by atoms with Gasteiger partial charge in [-0.3, -0.25) is 4.79 Å². The third kappa shape index (κ3) is 3.92. The molecule has 1 aromatic carbocycles. The summed E-state index contributed by atoms with van der Waals surface area (Å²) in [5, 5.41) is 0.0339. The summed E-state index contributed by atoms with van der Waals surface area (Å²) in [4.78, 5) is 23.0. The van der Waals surface area contributed by atoms with Crippen molar-refractivity contribution in [3.63, 3.8) is 0 Å². The van der Waals surface area contributed by atoms with E-state index in [1.54, 1.807) is 20.8 Å². The lowest BCUT2D eigenvalue weighted by Crippen LogP contribution is -2.19. The summed E-state index contributed by atoms with van der Waals surface area (Å²) < 4.78 is 23.5. The van der Waals surface area contributed by atoms with Gasteiger partial charge in [0.15, 0.2) is 0 Å². The molecule has 0 atom stereocenters. The van der Waals surface area contributed by atoms with Crippen molar-refractivity contribution in [3.8, 4) is 5.75 Å². The Hall–Kier alpha value is -1.62. The van der Waals surface area contributed by atoms with E-state index in [4.69, 9.17) is 16.3 Å². The summed E-state index contributed by atoms with van der Waals surface area (Å²) in [6, 6.07) is 2.04. The van der Waals surface area contributed by atoms with Crippen LogP contribution >= 0.6 is 11.6 Å². The number of Topliss-reactive ketones (excluding diaryl/α,β-unsaturated/α-hetero) is 1. The maximum absolute atomic E-state index is 13.7. The Kier molecular flexibility index (Phi) is 5.30. The zero-order valence-electron chi connectivity index (χ0n) is 10.8. The van der Waals surface area contributed by atoms with Crippen molar-refractivity contribution in [1.82, 2.24) is 0 Å². The summed E-state index contributed by atoms with van der Waals surface area (Å²) >= 11 is 5.80. The number of carbonyl (C=O) groups is 2. The van der Waals surface area contributed by atoms with Crippen molar-refractivity contribution in [3.05, 3.63) is 28.5 Å². The minimum absolute atomic E-state index is 0.0339. The van der Waals surface area contributed by atoms with Crippen LogP contribution in [-0.4, -0.2) is 24.5 Å². The molecule has 19 heavy (non-hydrogen) atoms. The van der Waals surface area contributed by atoms with E-state index >= 15 is 0 Å². The third-order valence-corrected chi connectivity index (χ3v) is 2.39. The van der Waals surface area contributed by atoms with Crippen molar-refractivity contribution in [1.29, 1.82) is 0 Å². The average Bonchev–Trinajstić information content (AvgIpc) is 2.31. The first kappa shape index (κ1) is 15.4. The van der Waals surface area contributed by atoms with E-state index in [1.807, 2.05) is 0 Å². The van der Waals surface area contributed by atoms with E-state index in [-0.39, 0.29) is 23.5 Å². The first-order chi connectivity index (χ1) is 8.86. The summed E-state index contributed by atoms with van der Waals surface area (Å²) in [5.41, 5.74) is -0.418. The van der Waals surface area contributed by atoms with Crippen LogP contribution in [0.5, 0.6) is 5.75 Å². The van der Waals surface area contributed by atoms with Crippen molar-refractivity contribution in [2.75, 3.05) is 6.61 Å². The predicted octanol–water partition coefficient (Wildman–Crippen LogP) is 3.01. The van der Waals surface area contributed by atoms with Crippen LogP contribution in [-0.2, 0) is 9.53 Å². The highest BCUT2D eigenvalue weighted by molar-refractivity contribution is 6.41. The smallest absolute Gasteiger partial charge is 0.379 e. The molecule has 0 spiro atoms. The molecule has 0 N–H and O–H groups in total. The van der Waals surface area contributed by atoms with Gasteiger partial charge in [-0.2, -0.15) is 0 Å². The molecule has 0 aromatic heterocycles. The standard InChI is InChI=1S/C13H14ClFO4/c1-4-18-13(17)12(16)8-5-11(19-7(2)3)9(14)6-10(8)15/h5-7H,4H2,1-3H3. The molecular formula is C13H14ClFO4. The lowest BCUT2D eigenvalue weighted by molar-refractivity contribution is -0.137. The highest BCUT2D eigenvalue weighted by atomic mass is 35.5.